The third-order valence-corrected chi connectivity index (χ3v) is 19.6. The molecule has 0 N–H and O–H groups in total. The van der Waals surface area contributed by atoms with Gasteiger partial charge in [0.1, 0.15) is 11.6 Å². The second kappa shape index (κ2) is 38.4. The first-order chi connectivity index (χ1) is 58.1. The highest BCUT2D eigenvalue weighted by Crippen LogP contribution is 2.37. The van der Waals surface area contributed by atoms with E-state index in [1.807, 2.05) is 223 Å². The van der Waals surface area contributed by atoms with Gasteiger partial charge in [-0.25, -0.2) is 49.5 Å². The first kappa shape index (κ1) is 77.9. The third kappa shape index (κ3) is 19.4. The third-order valence-electron chi connectivity index (χ3n) is 19.6. The lowest BCUT2D eigenvalue weighted by Gasteiger charge is -2.12. The van der Waals surface area contributed by atoms with Crippen LogP contribution in [0.3, 0.4) is 0 Å². The van der Waals surface area contributed by atoms with E-state index < -0.39 is 0 Å². The molecule has 12 nitrogen and oxygen atoms in total. The molecule has 14 aromatic carbocycles. The van der Waals surface area contributed by atoms with Crippen LogP contribution in [0.4, 0.5) is 0 Å². The molecule has 0 radical (unpaired) electrons. The summed E-state index contributed by atoms with van der Waals surface area (Å²) in [6, 6.07) is 142. The van der Waals surface area contributed by atoms with Crippen LogP contribution in [0.5, 0.6) is 0 Å². The number of nitrogens with zero attached hydrogens (tertiary/aromatic N) is 12. The molecule has 0 aliphatic rings. The minimum Gasteiger partial charge on any atom is -0.296 e. The summed E-state index contributed by atoms with van der Waals surface area (Å²) in [5.74, 6) is 6.08. The quantitative estimate of drug-likeness (QED) is 0.0975. The maximum absolute atomic E-state index is 4.94. The highest BCUT2D eigenvalue weighted by molar-refractivity contribution is 5.81. The zero-order valence-corrected chi connectivity index (χ0v) is 66.4. The van der Waals surface area contributed by atoms with Crippen molar-refractivity contribution in [3.63, 3.8) is 0 Å². The van der Waals surface area contributed by atoms with Crippen molar-refractivity contribution in [2.75, 3.05) is 0 Å². The van der Waals surface area contributed by atoms with E-state index in [1.54, 1.807) is 0 Å². The molecule has 0 aliphatic heterocycles. The Hall–Kier alpha value is -15.4. The van der Waals surface area contributed by atoms with E-state index in [2.05, 4.69) is 254 Å². The Morgan fingerprint density at radius 1 is 0.220 bits per heavy atom. The molecule has 12 heteroatoms. The number of hydrogen-bond acceptors (Lipinski definition) is 10. The number of para-hydroxylation sites is 2. The molecule has 0 amide bonds. The van der Waals surface area contributed by atoms with Gasteiger partial charge in [-0.2, -0.15) is 5.10 Å². The van der Waals surface area contributed by atoms with Gasteiger partial charge in [-0.15, -0.1) is 0 Å². The maximum Gasteiger partial charge on any atom is 0.164 e. The van der Waals surface area contributed by atoms with E-state index in [4.69, 9.17) is 35.0 Å². The molecule has 0 bridgehead atoms. The number of aromatic nitrogens is 12. The summed E-state index contributed by atoms with van der Waals surface area (Å²) in [7, 11) is 0. The number of aryl methyl sites for hydroxylation is 4. The second-order valence-electron chi connectivity index (χ2n) is 28.0. The lowest BCUT2D eigenvalue weighted by Crippen LogP contribution is -2.01. The van der Waals surface area contributed by atoms with E-state index in [-0.39, 0.29) is 0 Å². The van der Waals surface area contributed by atoms with Gasteiger partial charge in [0.25, 0.3) is 0 Å². The minimum absolute atomic E-state index is 0.685. The maximum atomic E-state index is 4.94. The van der Waals surface area contributed by atoms with Crippen molar-refractivity contribution < 1.29 is 0 Å². The molecule has 19 aromatic rings. The minimum atomic E-state index is 0.685. The molecule has 118 heavy (non-hydrogen) atoms. The Balaban J connectivity index is 0.000000116. The van der Waals surface area contributed by atoms with Crippen LogP contribution in [0.15, 0.2) is 419 Å². The average Bonchev–Trinajstić information content (AvgIpc) is 1.60. The Morgan fingerprint density at radius 2 is 0.483 bits per heavy atom. The predicted octanol–water partition coefficient (Wildman–Crippen LogP) is 25.8. The second-order valence-corrected chi connectivity index (χ2v) is 28.0. The van der Waals surface area contributed by atoms with Gasteiger partial charge in [0.2, 0.25) is 0 Å². The Morgan fingerprint density at radius 3 is 0.822 bits per heavy atom. The van der Waals surface area contributed by atoms with Crippen molar-refractivity contribution >= 4 is 0 Å². The molecule has 19 rings (SSSR count). The van der Waals surface area contributed by atoms with Crippen LogP contribution in [0.2, 0.25) is 0 Å². The van der Waals surface area contributed by atoms with E-state index in [9.17, 15) is 0 Å². The summed E-state index contributed by atoms with van der Waals surface area (Å²) < 4.78 is 4.28. The van der Waals surface area contributed by atoms with Gasteiger partial charge in [-0.3, -0.25) is 4.57 Å². The summed E-state index contributed by atoms with van der Waals surface area (Å²) in [6.45, 7) is 10.4. The van der Waals surface area contributed by atoms with Crippen molar-refractivity contribution in [1.82, 2.24) is 59.2 Å². The molecule has 0 aliphatic carbocycles. The van der Waals surface area contributed by atoms with Crippen LogP contribution in [0.25, 0.3) is 147 Å². The highest BCUT2D eigenvalue weighted by atomic mass is 15.3. The smallest absolute Gasteiger partial charge is 0.164 e. The molecule has 0 saturated heterocycles. The molecular weight excluding hydrogens is 1440 g/mol. The molecule has 570 valence electrons. The van der Waals surface area contributed by atoms with Gasteiger partial charge < -0.3 is 0 Å². The fraction of sp³-hybridized carbons (Fsp3) is 0.0566. The lowest BCUT2D eigenvalue weighted by molar-refractivity contribution is 0.891. The zero-order valence-electron chi connectivity index (χ0n) is 66.4. The largest absolute Gasteiger partial charge is 0.296 e. The van der Waals surface area contributed by atoms with Gasteiger partial charge in [-0.1, -0.05) is 406 Å². The summed E-state index contributed by atoms with van der Waals surface area (Å²) in [5.41, 5.74) is 24.8. The fourth-order valence-corrected chi connectivity index (χ4v) is 13.6. The SMILES string of the molecule is CCc1nc(-c2ccccc2)nc(-c2ccccc2)n1.Cc1c(-c2ccccc2)nn(-c2ccccc2)c1-c1ccccc1.Cc1ccc(-c2nc(-c3ccccc3)cc(-c3ccccc3)n2)cc1.Cc1ccc(-c2nc(-c3ccccc3)nc(-c3ccccc3)n2)cc1.Cc1nc(-c2ccccc2)c(-c2ccccc2)n1-c1ccccc1. The number of imidazole rings is 1. The Labute approximate surface area is 690 Å². The van der Waals surface area contributed by atoms with Gasteiger partial charge in [0, 0.05) is 84.4 Å². The van der Waals surface area contributed by atoms with Gasteiger partial charge in [-0.05, 0) is 58.0 Å². The van der Waals surface area contributed by atoms with E-state index in [0.717, 1.165) is 137 Å². The van der Waals surface area contributed by atoms with E-state index in [1.165, 1.54) is 27.8 Å². The summed E-state index contributed by atoms with van der Waals surface area (Å²) in [5, 5.41) is 4.94. The first-order valence-electron chi connectivity index (χ1n) is 39.5. The van der Waals surface area contributed by atoms with Crippen molar-refractivity contribution in [2.45, 2.75) is 41.0 Å². The molecule has 5 heterocycles. The van der Waals surface area contributed by atoms with Crippen LogP contribution in [0.1, 0.15) is 35.3 Å². The Bertz CT molecular complexity index is 5940. The highest BCUT2D eigenvalue weighted by Gasteiger charge is 2.22. The Kier molecular flexibility index (Phi) is 25.4. The number of benzene rings is 14. The van der Waals surface area contributed by atoms with Gasteiger partial charge in [0.15, 0.2) is 34.9 Å². The van der Waals surface area contributed by atoms with Crippen LogP contribution in [-0.2, 0) is 6.42 Å². The van der Waals surface area contributed by atoms with Crippen LogP contribution in [0, 0.1) is 27.7 Å². The normalized spacial score (nSPS) is 10.6. The summed E-state index contributed by atoms with van der Waals surface area (Å²) in [6.07, 6.45) is 0.794. The van der Waals surface area contributed by atoms with Crippen LogP contribution >= 0.6 is 0 Å². The zero-order chi connectivity index (χ0) is 80.6. The van der Waals surface area contributed by atoms with Crippen molar-refractivity contribution in [3.8, 4) is 147 Å². The summed E-state index contributed by atoms with van der Waals surface area (Å²) >= 11 is 0. The summed E-state index contributed by atoms with van der Waals surface area (Å²) in [4.78, 5) is 42.3. The number of rotatable bonds is 15. The number of hydrogen-bond donors (Lipinski definition) is 0. The average molecular weight is 1530 g/mol. The van der Waals surface area contributed by atoms with E-state index in [0.29, 0.717) is 17.5 Å². The van der Waals surface area contributed by atoms with Crippen LogP contribution in [-0.4, -0.2) is 59.2 Å². The predicted molar refractivity (Wildman–Crippen MR) is 482 cm³/mol. The molecule has 5 aromatic heterocycles. The molecular formula is C106H86N12. The van der Waals surface area contributed by atoms with Crippen molar-refractivity contribution in [2.24, 2.45) is 0 Å². The lowest BCUT2D eigenvalue weighted by atomic mass is 10.0. The molecule has 0 atom stereocenters. The topological polar surface area (TPSA) is 139 Å². The van der Waals surface area contributed by atoms with Crippen LogP contribution < -0.4 is 0 Å². The van der Waals surface area contributed by atoms with Crippen molar-refractivity contribution in [3.05, 3.63) is 447 Å². The van der Waals surface area contributed by atoms with Gasteiger partial charge in [0.05, 0.1) is 39.9 Å². The van der Waals surface area contributed by atoms with Gasteiger partial charge >= 0.3 is 0 Å². The molecule has 0 unspecified atom stereocenters. The van der Waals surface area contributed by atoms with E-state index >= 15 is 0 Å². The van der Waals surface area contributed by atoms with Crippen molar-refractivity contribution in [1.29, 1.82) is 0 Å². The molecule has 0 saturated carbocycles. The fourth-order valence-electron chi connectivity index (χ4n) is 13.6. The monoisotopic (exact) mass is 1530 g/mol. The standard InChI is InChI=1S/C23H18N2.C22H17N3.2C22H18N2.C17H15N3/c1-17-12-14-20(15-13-17)23-24-21(18-8-4-2-5-9-18)16-22(25-23)19-10-6-3-7-11-19;1-16-12-14-19(15-13-16)22-24-20(17-8-4-2-5-9-17)23-21(25-22)18-10-6-3-7-11-18;1-17-23-21(18-11-5-2-6-12-18)22(19-13-7-3-8-14-19)24(17)20-15-9-4-10-16-20;1-17-21(18-11-5-2-6-12-18)23-24(20-15-9-4-10-16-20)22(17)19-13-7-3-8-14-19;1-2-15-18-16(13-9-5-3-6-10-13)20-17(19-15)14-11-7-4-8-12-14/h2-16H,1H3;2-15H,1H3;2*2-16H,1H3;3-12H,2H2,1H3. The molecule has 0 fully saturated rings. The first-order valence-corrected chi connectivity index (χ1v) is 39.5. The molecule has 0 spiro atoms.